The summed E-state index contributed by atoms with van der Waals surface area (Å²) in [6.45, 7) is 4.31. The zero-order valence-electron chi connectivity index (χ0n) is 16.9. The third-order valence-electron chi connectivity index (χ3n) is 5.25. The molecular formula is C20H21N7O3S. The van der Waals surface area contributed by atoms with Crippen molar-refractivity contribution in [2.24, 2.45) is 0 Å². The van der Waals surface area contributed by atoms with E-state index in [1.54, 1.807) is 29.8 Å². The molecule has 0 bridgehead atoms. The van der Waals surface area contributed by atoms with Crippen LogP contribution in [0.1, 0.15) is 23.2 Å². The number of esters is 1. The molecule has 31 heavy (non-hydrogen) atoms. The van der Waals surface area contributed by atoms with Crippen LogP contribution in [-0.4, -0.2) is 66.7 Å². The van der Waals surface area contributed by atoms with Gasteiger partial charge in [0, 0.05) is 44.0 Å². The number of hydrogen-bond donors (Lipinski definition) is 1. The van der Waals surface area contributed by atoms with Crippen molar-refractivity contribution in [3.05, 3.63) is 47.4 Å². The number of carbonyl (C=O) groups is 2. The summed E-state index contributed by atoms with van der Waals surface area (Å²) in [6.07, 6.45) is 6.92. The van der Waals surface area contributed by atoms with E-state index < -0.39 is 5.97 Å². The zero-order valence-corrected chi connectivity index (χ0v) is 17.8. The van der Waals surface area contributed by atoms with Gasteiger partial charge in [-0.15, -0.1) is 11.8 Å². The average molecular weight is 440 g/mol. The fourth-order valence-corrected chi connectivity index (χ4v) is 4.72. The predicted molar refractivity (Wildman–Crippen MR) is 115 cm³/mol. The van der Waals surface area contributed by atoms with Crippen molar-refractivity contribution in [2.45, 2.75) is 20.0 Å². The minimum Gasteiger partial charge on any atom is -0.461 e. The van der Waals surface area contributed by atoms with Gasteiger partial charge >= 0.3 is 5.97 Å². The summed E-state index contributed by atoms with van der Waals surface area (Å²) in [7, 11) is 0. The number of nitrogens with one attached hydrogen (secondary N) is 1. The molecule has 10 nitrogen and oxygen atoms in total. The lowest BCUT2D eigenvalue weighted by atomic mass is 10.3. The SMILES string of the molecule is CCOC(=O)c1cn2c(n1)CN(C(=O)C1=CN(c3ncnc4[nH]ccc34)CCS1)CC2. The molecule has 0 fully saturated rings. The van der Waals surface area contributed by atoms with Gasteiger partial charge in [-0.1, -0.05) is 0 Å². The monoisotopic (exact) mass is 439 g/mol. The Morgan fingerprint density at radius 2 is 2.16 bits per heavy atom. The third-order valence-corrected chi connectivity index (χ3v) is 6.23. The number of ether oxygens (including phenoxy) is 1. The van der Waals surface area contributed by atoms with Crippen molar-refractivity contribution in [1.82, 2.24) is 29.4 Å². The number of fused-ring (bicyclic) bond motifs is 2. The quantitative estimate of drug-likeness (QED) is 0.613. The van der Waals surface area contributed by atoms with Crippen LogP contribution in [0.3, 0.4) is 0 Å². The van der Waals surface area contributed by atoms with E-state index >= 15 is 0 Å². The summed E-state index contributed by atoms with van der Waals surface area (Å²) in [6, 6.07) is 1.94. The Labute approximate surface area is 182 Å². The van der Waals surface area contributed by atoms with Crippen molar-refractivity contribution in [1.29, 1.82) is 0 Å². The second-order valence-electron chi connectivity index (χ2n) is 7.16. The summed E-state index contributed by atoms with van der Waals surface area (Å²) in [4.78, 5) is 45.8. The Morgan fingerprint density at radius 1 is 1.26 bits per heavy atom. The van der Waals surface area contributed by atoms with Gasteiger partial charge in [0.25, 0.3) is 5.91 Å². The van der Waals surface area contributed by atoms with Crippen LogP contribution < -0.4 is 4.90 Å². The van der Waals surface area contributed by atoms with Crippen molar-refractivity contribution < 1.29 is 14.3 Å². The number of carbonyl (C=O) groups excluding carboxylic acids is 2. The van der Waals surface area contributed by atoms with Gasteiger partial charge in [0.15, 0.2) is 5.69 Å². The predicted octanol–water partition coefficient (Wildman–Crippen LogP) is 1.77. The topological polar surface area (TPSA) is 109 Å². The van der Waals surface area contributed by atoms with Crippen LogP contribution in [-0.2, 0) is 22.6 Å². The van der Waals surface area contributed by atoms with E-state index in [1.165, 1.54) is 6.33 Å². The van der Waals surface area contributed by atoms with E-state index in [0.29, 0.717) is 37.0 Å². The van der Waals surface area contributed by atoms with Crippen LogP contribution in [0, 0.1) is 0 Å². The van der Waals surface area contributed by atoms with E-state index in [2.05, 4.69) is 19.9 Å². The molecule has 2 aliphatic rings. The summed E-state index contributed by atoms with van der Waals surface area (Å²) >= 11 is 1.54. The minimum absolute atomic E-state index is 0.0407. The molecule has 0 saturated carbocycles. The molecule has 5 rings (SSSR count). The maximum absolute atomic E-state index is 13.2. The molecule has 3 aromatic heterocycles. The molecule has 0 spiro atoms. The second kappa shape index (κ2) is 8.06. The van der Waals surface area contributed by atoms with Crippen LogP contribution in [0.4, 0.5) is 5.82 Å². The first-order valence-corrected chi connectivity index (χ1v) is 11.0. The first-order chi connectivity index (χ1) is 15.1. The van der Waals surface area contributed by atoms with Crippen molar-refractivity contribution >= 4 is 40.5 Å². The molecule has 1 amide bonds. The fourth-order valence-electron chi connectivity index (χ4n) is 3.75. The van der Waals surface area contributed by atoms with Gasteiger partial charge in [-0.25, -0.2) is 19.7 Å². The van der Waals surface area contributed by atoms with Crippen molar-refractivity contribution in [2.75, 3.05) is 30.3 Å². The molecule has 0 radical (unpaired) electrons. The Bertz CT molecular complexity index is 1180. The van der Waals surface area contributed by atoms with Gasteiger partial charge in [-0.05, 0) is 13.0 Å². The standard InChI is InChI=1S/C20H21N7O3S/c1-2-30-20(29)14-9-25-5-6-27(11-16(25)24-14)19(28)15-10-26(7-8-31-15)18-13-3-4-21-17(13)22-12-23-18/h3-4,9-10,12H,2,5-8,11H2,1H3,(H,21,22,23). The second-order valence-corrected chi connectivity index (χ2v) is 8.29. The number of imidazole rings is 1. The summed E-state index contributed by atoms with van der Waals surface area (Å²) in [5.41, 5.74) is 1.05. The van der Waals surface area contributed by atoms with Crippen LogP contribution in [0.5, 0.6) is 0 Å². The molecule has 3 aromatic rings. The molecule has 0 aromatic carbocycles. The number of nitrogens with zero attached hydrogens (tertiary/aromatic N) is 6. The summed E-state index contributed by atoms with van der Waals surface area (Å²) in [5, 5.41) is 0.920. The normalized spacial score (nSPS) is 16.2. The van der Waals surface area contributed by atoms with Crippen molar-refractivity contribution in [3.8, 4) is 0 Å². The first-order valence-electron chi connectivity index (χ1n) is 10.1. The van der Waals surface area contributed by atoms with E-state index in [1.807, 2.05) is 27.9 Å². The number of rotatable bonds is 4. The molecule has 160 valence electrons. The fraction of sp³-hybridized carbons (Fsp3) is 0.350. The Morgan fingerprint density at radius 3 is 3.03 bits per heavy atom. The third kappa shape index (κ3) is 3.65. The number of aromatic amines is 1. The van der Waals surface area contributed by atoms with Crippen LogP contribution in [0.2, 0.25) is 0 Å². The van der Waals surface area contributed by atoms with Crippen LogP contribution >= 0.6 is 11.8 Å². The molecule has 11 heteroatoms. The highest BCUT2D eigenvalue weighted by molar-refractivity contribution is 8.04. The first kappa shape index (κ1) is 19.6. The van der Waals surface area contributed by atoms with Gasteiger partial charge in [0.1, 0.15) is 23.6 Å². The van der Waals surface area contributed by atoms with Gasteiger partial charge in [-0.3, -0.25) is 4.79 Å². The molecule has 0 aliphatic carbocycles. The maximum Gasteiger partial charge on any atom is 0.358 e. The average Bonchev–Trinajstić information content (AvgIpc) is 3.45. The smallest absolute Gasteiger partial charge is 0.358 e. The molecule has 5 heterocycles. The molecule has 0 unspecified atom stereocenters. The highest BCUT2D eigenvalue weighted by Gasteiger charge is 2.28. The highest BCUT2D eigenvalue weighted by Crippen LogP contribution is 2.30. The number of thioether (sulfide) groups is 1. The molecule has 0 saturated heterocycles. The molecular weight excluding hydrogens is 418 g/mol. The Balaban J connectivity index is 1.35. The van der Waals surface area contributed by atoms with E-state index in [4.69, 9.17) is 4.74 Å². The largest absolute Gasteiger partial charge is 0.461 e. The Kier molecular flexibility index (Phi) is 5.10. The zero-order chi connectivity index (χ0) is 21.4. The molecule has 1 N–H and O–H groups in total. The summed E-state index contributed by atoms with van der Waals surface area (Å²) < 4.78 is 6.94. The van der Waals surface area contributed by atoms with Gasteiger partial charge in [0.05, 0.1) is 23.4 Å². The van der Waals surface area contributed by atoms with E-state index in [-0.39, 0.29) is 11.6 Å². The summed E-state index contributed by atoms with van der Waals surface area (Å²) in [5.74, 6) is 1.77. The Hall–Kier alpha value is -3.34. The van der Waals surface area contributed by atoms with E-state index in [0.717, 1.165) is 29.1 Å². The highest BCUT2D eigenvalue weighted by atomic mass is 32.2. The van der Waals surface area contributed by atoms with Crippen LogP contribution in [0.25, 0.3) is 11.0 Å². The van der Waals surface area contributed by atoms with Gasteiger partial charge in [-0.2, -0.15) is 0 Å². The number of amides is 1. The van der Waals surface area contributed by atoms with Gasteiger partial charge < -0.3 is 24.1 Å². The minimum atomic E-state index is -0.440. The maximum atomic E-state index is 13.2. The molecule has 2 aliphatic heterocycles. The number of aromatic nitrogens is 5. The lowest BCUT2D eigenvalue weighted by Gasteiger charge is -2.31. The number of anilines is 1. The van der Waals surface area contributed by atoms with Crippen LogP contribution in [0.15, 0.2) is 35.9 Å². The lowest BCUT2D eigenvalue weighted by Crippen LogP contribution is -2.40. The van der Waals surface area contributed by atoms with Crippen molar-refractivity contribution in [3.63, 3.8) is 0 Å². The lowest BCUT2D eigenvalue weighted by molar-refractivity contribution is -0.127. The van der Waals surface area contributed by atoms with E-state index in [9.17, 15) is 9.59 Å². The number of H-pyrrole nitrogens is 1. The van der Waals surface area contributed by atoms with Gasteiger partial charge in [0.2, 0.25) is 0 Å². The molecule has 0 atom stereocenters. The number of hydrogen-bond acceptors (Lipinski definition) is 8.